The fourth-order valence-corrected chi connectivity index (χ4v) is 8.90. The second-order valence-corrected chi connectivity index (χ2v) is 12.0. The molecule has 4 saturated carbocycles. The average molecular weight is 463 g/mol. The zero-order valence-electron chi connectivity index (χ0n) is 21.0. The van der Waals surface area contributed by atoms with Crippen molar-refractivity contribution >= 4 is 17.7 Å². The smallest absolute Gasteiger partial charge is 0.305 e. The van der Waals surface area contributed by atoms with Crippen molar-refractivity contribution in [2.24, 2.45) is 46.3 Å². The van der Waals surface area contributed by atoms with E-state index in [9.17, 15) is 19.5 Å². The first-order chi connectivity index (χ1) is 15.5. The molecule has 0 saturated heterocycles. The molecule has 0 aromatic rings. The number of hydrogen-bond acceptors (Lipinski definition) is 6. The number of ether oxygens (including phenoxy) is 2. The molecule has 6 nitrogen and oxygen atoms in total. The molecule has 0 amide bonds. The summed E-state index contributed by atoms with van der Waals surface area (Å²) in [6.07, 6.45) is 6.12. The minimum atomic E-state index is -0.428. The molecule has 186 valence electrons. The molecular weight excluding hydrogens is 420 g/mol. The van der Waals surface area contributed by atoms with Crippen LogP contribution in [0.3, 0.4) is 0 Å². The van der Waals surface area contributed by atoms with Crippen molar-refractivity contribution in [2.75, 3.05) is 7.11 Å². The fraction of sp³-hybridized carbons (Fsp3) is 0.889. The van der Waals surface area contributed by atoms with Crippen molar-refractivity contribution < 1.29 is 29.0 Å². The van der Waals surface area contributed by atoms with Crippen molar-refractivity contribution in [3.05, 3.63) is 0 Å². The Morgan fingerprint density at radius 2 is 1.91 bits per heavy atom. The van der Waals surface area contributed by atoms with Gasteiger partial charge in [0.15, 0.2) is 0 Å². The molecule has 0 aromatic heterocycles. The van der Waals surface area contributed by atoms with Crippen molar-refractivity contribution in [1.82, 2.24) is 0 Å². The normalized spacial score (nSPS) is 45.4. The number of rotatable bonds is 5. The van der Waals surface area contributed by atoms with Gasteiger partial charge < -0.3 is 14.6 Å². The summed E-state index contributed by atoms with van der Waals surface area (Å²) in [4.78, 5) is 36.1. The average Bonchev–Trinajstić information content (AvgIpc) is 3.11. The Labute approximate surface area is 198 Å². The Morgan fingerprint density at radius 3 is 2.58 bits per heavy atom. The molecule has 0 aliphatic heterocycles. The van der Waals surface area contributed by atoms with E-state index in [1.807, 2.05) is 0 Å². The lowest BCUT2D eigenvalue weighted by Crippen LogP contribution is -2.62. The van der Waals surface area contributed by atoms with Gasteiger partial charge in [0.05, 0.1) is 13.2 Å². The molecule has 1 unspecified atom stereocenters. The molecule has 4 aliphatic rings. The first kappa shape index (κ1) is 24.7. The van der Waals surface area contributed by atoms with Gasteiger partial charge in [-0.15, -0.1) is 0 Å². The zero-order chi connectivity index (χ0) is 24.1. The van der Waals surface area contributed by atoms with Gasteiger partial charge in [0, 0.05) is 32.1 Å². The van der Waals surface area contributed by atoms with E-state index in [2.05, 4.69) is 20.8 Å². The van der Waals surface area contributed by atoms with Crippen LogP contribution in [0, 0.1) is 46.3 Å². The van der Waals surface area contributed by atoms with Crippen LogP contribution in [0.2, 0.25) is 0 Å². The van der Waals surface area contributed by atoms with Crippen LogP contribution in [0.15, 0.2) is 0 Å². The fourth-order valence-electron chi connectivity index (χ4n) is 8.90. The molecule has 0 heterocycles. The highest BCUT2D eigenvalue weighted by Gasteiger charge is 2.66. The number of aliphatic hydroxyl groups is 1. The minimum Gasteiger partial charge on any atom is -0.469 e. The molecule has 6 heteroatoms. The number of hydrogen-bond donors (Lipinski definition) is 1. The summed E-state index contributed by atoms with van der Waals surface area (Å²) in [5.41, 5.74) is -0.255. The van der Waals surface area contributed by atoms with Crippen LogP contribution in [0.4, 0.5) is 0 Å². The molecule has 0 radical (unpaired) electrons. The second kappa shape index (κ2) is 8.98. The van der Waals surface area contributed by atoms with Gasteiger partial charge in [-0.1, -0.05) is 20.8 Å². The Bertz CT molecular complexity index is 793. The van der Waals surface area contributed by atoms with E-state index in [4.69, 9.17) is 9.47 Å². The first-order valence-corrected chi connectivity index (χ1v) is 13.0. The van der Waals surface area contributed by atoms with Crippen LogP contribution in [-0.2, 0) is 23.9 Å². The van der Waals surface area contributed by atoms with Crippen LogP contribution in [-0.4, -0.2) is 42.1 Å². The number of methoxy groups -OCH3 is 1. The van der Waals surface area contributed by atoms with Gasteiger partial charge in [-0.2, -0.15) is 0 Å². The number of Topliss-reactive ketones (excluding diaryl/α,β-unsaturated/α-hetero) is 1. The largest absolute Gasteiger partial charge is 0.469 e. The minimum absolute atomic E-state index is 0.00607. The molecule has 0 spiro atoms. The summed E-state index contributed by atoms with van der Waals surface area (Å²) in [7, 11) is 1.43. The van der Waals surface area contributed by atoms with E-state index in [1.165, 1.54) is 14.0 Å². The van der Waals surface area contributed by atoms with Crippen molar-refractivity contribution in [3.63, 3.8) is 0 Å². The monoisotopic (exact) mass is 462 g/mol. The van der Waals surface area contributed by atoms with Crippen molar-refractivity contribution in [2.45, 2.75) is 97.7 Å². The molecule has 4 aliphatic carbocycles. The molecule has 1 N–H and O–H groups in total. The highest BCUT2D eigenvalue weighted by Crippen LogP contribution is 2.68. The van der Waals surface area contributed by atoms with E-state index in [0.29, 0.717) is 43.3 Å². The van der Waals surface area contributed by atoms with Gasteiger partial charge in [0.2, 0.25) is 0 Å². The maximum atomic E-state index is 12.3. The molecule has 4 fully saturated rings. The highest BCUT2D eigenvalue weighted by atomic mass is 16.5. The zero-order valence-corrected chi connectivity index (χ0v) is 21.0. The predicted octanol–water partition coefficient (Wildman–Crippen LogP) is 4.32. The molecule has 0 aromatic carbocycles. The Morgan fingerprint density at radius 1 is 1.18 bits per heavy atom. The number of aliphatic hydroxyl groups excluding tert-OH is 1. The number of esters is 2. The summed E-state index contributed by atoms with van der Waals surface area (Å²) < 4.78 is 10.8. The number of ketones is 1. The number of carbonyl (C=O) groups is 3. The first-order valence-electron chi connectivity index (χ1n) is 13.0. The van der Waals surface area contributed by atoms with Crippen LogP contribution in [0.25, 0.3) is 0 Å². The quantitative estimate of drug-likeness (QED) is 0.612. The van der Waals surface area contributed by atoms with E-state index >= 15 is 0 Å². The van der Waals surface area contributed by atoms with Crippen molar-refractivity contribution in [1.29, 1.82) is 0 Å². The summed E-state index contributed by atoms with van der Waals surface area (Å²) in [6, 6.07) is 0. The van der Waals surface area contributed by atoms with Gasteiger partial charge in [-0.25, -0.2) is 0 Å². The van der Waals surface area contributed by atoms with Crippen LogP contribution in [0.5, 0.6) is 0 Å². The third-order valence-electron chi connectivity index (χ3n) is 10.7. The second-order valence-electron chi connectivity index (χ2n) is 12.0. The summed E-state index contributed by atoms with van der Waals surface area (Å²) in [5.74, 6) is 1.47. The third kappa shape index (κ3) is 4.04. The lowest BCUT2D eigenvalue weighted by atomic mass is 9.43. The van der Waals surface area contributed by atoms with Gasteiger partial charge in [-0.05, 0) is 78.9 Å². The van der Waals surface area contributed by atoms with Crippen LogP contribution in [0.1, 0.15) is 85.5 Å². The maximum absolute atomic E-state index is 12.3. The molecular formula is C27H42O6. The lowest BCUT2D eigenvalue weighted by Gasteiger charge is -2.63. The SMILES string of the molecule is COC(=O)CC[C@@H](C)C1CC[C@H]2[C@@H]3[C@H](OC(C)=O)C[C@@H]4CC(=O)CC[C@]4(C)[C@H]3C[C@H](O)[C@]12C. The third-order valence-corrected chi connectivity index (χ3v) is 10.7. The van der Waals surface area contributed by atoms with Crippen LogP contribution < -0.4 is 0 Å². The topological polar surface area (TPSA) is 89.9 Å². The summed E-state index contributed by atoms with van der Waals surface area (Å²) in [5, 5.41) is 11.7. The number of carbonyl (C=O) groups excluding carboxylic acids is 3. The lowest BCUT2D eigenvalue weighted by molar-refractivity contribution is -0.211. The summed E-state index contributed by atoms with van der Waals surface area (Å²) >= 11 is 0. The van der Waals surface area contributed by atoms with Crippen LogP contribution >= 0.6 is 0 Å². The van der Waals surface area contributed by atoms with E-state index in [1.54, 1.807) is 0 Å². The number of fused-ring (bicyclic) bond motifs is 5. The molecule has 10 atom stereocenters. The predicted molar refractivity (Wildman–Crippen MR) is 123 cm³/mol. The van der Waals surface area contributed by atoms with E-state index < -0.39 is 6.10 Å². The summed E-state index contributed by atoms with van der Waals surface area (Å²) in [6.45, 7) is 8.26. The standard InChI is InChI=1S/C27H42O6/c1-15(6-9-24(31)32-5)19-7-8-20-25-21(14-23(30)27(19,20)4)26(3)11-10-18(29)12-17(26)13-22(25)33-16(2)28/h15,17,19-23,25,30H,6-14H2,1-5H3/t15-,17+,19?,20+,21+,22-,23+,25+,26+,27-/m1/s1. The molecule has 0 bridgehead atoms. The molecule has 33 heavy (non-hydrogen) atoms. The molecule has 4 rings (SSSR count). The Kier molecular flexibility index (Phi) is 6.71. The van der Waals surface area contributed by atoms with Gasteiger partial charge in [0.1, 0.15) is 11.9 Å². The van der Waals surface area contributed by atoms with Gasteiger partial charge in [-0.3, -0.25) is 14.4 Å². The van der Waals surface area contributed by atoms with E-state index in [0.717, 1.165) is 32.1 Å². The van der Waals surface area contributed by atoms with Gasteiger partial charge >= 0.3 is 11.9 Å². The Hall–Kier alpha value is -1.43. The van der Waals surface area contributed by atoms with E-state index in [-0.39, 0.29) is 52.5 Å². The Balaban J connectivity index is 1.64. The van der Waals surface area contributed by atoms with Gasteiger partial charge in [0.25, 0.3) is 0 Å². The maximum Gasteiger partial charge on any atom is 0.305 e. The highest BCUT2D eigenvalue weighted by molar-refractivity contribution is 5.79. The van der Waals surface area contributed by atoms with Crippen molar-refractivity contribution in [3.8, 4) is 0 Å².